The highest BCUT2D eigenvalue weighted by Gasteiger charge is 2.32. The molecular weight excluding hydrogens is 372 g/mol. The number of nitrogens with zero attached hydrogens (tertiary/aromatic N) is 3. The van der Waals surface area contributed by atoms with Crippen LogP contribution in [0.15, 0.2) is 48.5 Å². The predicted octanol–water partition coefficient (Wildman–Crippen LogP) is 4.21. The molecule has 0 saturated heterocycles. The summed E-state index contributed by atoms with van der Waals surface area (Å²) in [5.41, 5.74) is 4.81. The predicted molar refractivity (Wildman–Crippen MR) is 121 cm³/mol. The van der Waals surface area contributed by atoms with Gasteiger partial charge in [-0.3, -0.25) is 9.69 Å². The molecule has 0 fully saturated rings. The Bertz CT molecular complexity index is 976. The van der Waals surface area contributed by atoms with Crippen molar-refractivity contribution >= 4 is 16.9 Å². The number of benzene rings is 2. The molecule has 4 rings (SSSR count). The maximum Gasteiger partial charge on any atom is 0.237 e. The molecule has 0 radical (unpaired) electrons. The van der Waals surface area contributed by atoms with Gasteiger partial charge in [-0.1, -0.05) is 50.2 Å². The highest BCUT2D eigenvalue weighted by Crippen LogP contribution is 2.35. The lowest BCUT2D eigenvalue weighted by atomic mass is 9.86. The summed E-state index contributed by atoms with van der Waals surface area (Å²) in [5.74, 6) is 1.65. The van der Waals surface area contributed by atoms with Crippen LogP contribution in [-0.2, 0) is 17.6 Å². The maximum absolute atomic E-state index is 13.1. The van der Waals surface area contributed by atoms with Crippen molar-refractivity contribution in [2.75, 3.05) is 26.7 Å². The zero-order valence-electron chi connectivity index (χ0n) is 18.3. The number of fused-ring (bicyclic) bond motifs is 2. The Hall–Kier alpha value is -2.66. The van der Waals surface area contributed by atoms with E-state index in [0.29, 0.717) is 12.5 Å². The van der Waals surface area contributed by atoms with E-state index in [4.69, 9.17) is 0 Å². The van der Waals surface area contributed by atoms with Crippen molar-refractivity contribution in [1.82, 2.24) is 19.8 Å². The van der Waals surface area contributed by atoms with Crippen molar-refractivity contribution < 1.29 is 4.79 Å². The van der Waals surface area contributed by atoms with Gasteiger partial charge in [0, 0.05) is 13.0 Å². The molecule has 0 aliphatic carbocycles. The Morgan fingerprint density at radius 1 is 1.20 bits per heavy atom. The van der Waals surface area contributed by atoms with Crippen LogP contribution in [0.2, 0.25) is 0 Å². The fourth-order valence-electron chi connectivity index (χ4n) is 4.64. The number of aryl methyl sites for hydroxylation is 1. The summed E-state index contributed by atoms with van der Waals surface area (Å²) >= 11 is 0. The molecule has 1 atom stereocenters. The Morgan fingerprint density at radius 2 is 1.97 bits per heavy atom. The lowest BCUT2D eigenvalue weighted by molar-refractivity contribution is -0.136. The van der Waals surface area contributed by atoms with Crippen LogP contribution in [0.5, 0.6) is 0 Å². The first-order valence-corrected chi connectivity index (χ1v) is 11.0. The summed E-state index contributed by atoms with van der Waals surface area (Å²) in [4.78, 5) is 25.4. The number of likely N-dealkylation sites (N-methyl/N-ethyl adjacent to an activating group) is 1. The van der Waals surface area contributed by atoms with Crippen LogP contribution < -0.4 is 0 Å². The molecule has 5 heteroatoms. The van der Waals surface area contributed by atoms with Crippen molar-refractivity contribution in [1.29, 1.82) is 0 Å². The Kier molecular flexibility index (Phi) is 6.18. The van der Waals surface area contributed by atoms with E-state index in [1.807, 2.05) is 25.2 Å². The van der Waals surface area contributed by atoms with E-state index in [9.17, 15) is 4.79 Å². The first-order chi connectivity index (χ1) is 14.5. The number of para-hydroxylation sites is 2. The average Bonchev–Trinajstić information content (AvgIpc) is 3.15. The van der Waals surface area contributed by atoms with Crippen LogP contribution in [0.25, 0.3) is 11.0 Å². The first-order valence-electron chi connectivity index (χ1n) is 11.0. The zero-order chi connectivity index (χ0) is 21.1. The van der Waals surface area contributed by atoms with Crippen LogP contribution in [0.3, 0.4) is 0 Å². The summed E-state index contributed by atoms with van der Waals surface area (Å²) in [6.45, 7) is 6.57. The van der Waals surface area contributed by atoms with Crippen LogP contribution in [0.1, 0.15) is 43.3 Å². The number of carbonyl (C=O) groups excluding carboxylic acids is 1. The van der Waals surface area contributed by atoms with Crippen LogP contribution in [0, 0.1) is 5.92 Å². The molecule has 1 N–H and O–H groups in total. The minimum absolute atomic E-state index is 0.173. The van der Waals surface area contributed by atoms with E-state index < -0.39 is 0 Å². The summed E-state index contributed by atoms with van der Waals surface area (Å²) < 4.78 is 0. The lowest BCUT2D eigenvalue weighted by Crippen LogP contribution is -2.46. The molecule has 2 heterocycles. The summed E-state index contributed by atoms with van der Waals surface area (Å²) in [6, 6.07) is 16.9. The quantitative estimate of drug-likeness (QED) is 0.642. The van der Waals surface area contributed by atoms with Crippen molar-refractivity contribution in [3.63, 3.8) is 0 Å². The number of aromatic nitrogens is 2. The third-order valence-electron chi connectivity index (χ3n) is 6.08. The van der Waals surface area contributed by atoms with E-state index >= 15 is 0 Å². The minimum Gasteiger partial charge on any atom is -0.342 e. The van der Waals surface area contributed by atoms with Crippen molar-refractivity contribution in [3.8, 4) is 0 Å². The first kappa shape index (κ1) is 20.6. The number of hydrogen-bond donors (Lipinski definition) is 1. The molecule has 2 aromatic carbocycles. The number of H-pyrrole nitrogens is 1. The molecule has 0 bridgehead atoms. The van der Waals surface area contributed by atoms with Gasteiger partial charge in [-0.2, -0.15) is 0 Å². The van der Waals surface area contributed by atoms with Gasteiger partial charge >= 0.3 is 0 Å². The summed E-state index contributed by atoms with van der Waals surface area (Å²) in [6.07, 6.45) is 2.81. The summed E-state index contributed by atoms with van der Waals surface area (Å²) in [7, 11) is 2.04. The smallest absolute Gasteiger partial charge is 0.237 e. The van der Waals surface area contributed by atoms with Gasteiger partial charge in [0.05, 0.1) is 23.6 Å². The number of imidazole rings is 1. The van der Waals surface area contributed by atoms with Gasteiger partial charge in [0.15, 0.2) is 0 Å². The van der Waals surface area contributed by atoms with Gasteiger partial charge in [-0.15, -0.1) is 0 Å². The second-order valence-corrected chi connectivity index (χ2v) is 8.77. The third-order valence-corrected chi connectivity index (χ3v) is 6.08. The highest BCUT2D eigenvalue weighted by molar-refractivity contribution is 5.79. The van der Waals surface area contributed by atoms with Gasteiger partial charge in [-0.25, -0.2) is 4.98 Å². The molecule has 1 aliphatic rings. The zero-order valence-corrected chi connectivity index (χ0v) is 18.3. The molecule has 1 unspecified atom stereocenters. The topological polar surface area (TPSA) is 52.2 Å². The van der Waals surface area contributed by atoms with E-state index in [-0.39, 0.29) is 11.9 Å². The number of carbonyl (C=O) groups is 1. The molecule has 1 aromatic heterocycles. The molecule has 0 spiro atoms. The molecule has 0 saturated carbocycles. The Balaban J connectivity index is 1.32. The molecule has 5 nitrogen and oxygen atoms in total. The van der Waals surface area contributed by atoms with Gasteiger partial charge in [-0.05, 0) is 55.6 Å². The largest absolute Gasteiger partial charge is 0.342 e. The average molecular weight is 405 g/mol. The number of amides is 1. The van der Waals surface area contributed by atoms with E-state index in [1.54, 1.807) is 0 Å². The lowest BCUT2D eigenvalue weighted by Gasteiger charge is -2.40. The molecular formula is C25H32N4O. The van der Waals surface area contributed by atoms with Gasteiger partial charge in [0.25, 0.3) is 0 Å². The van der Waals surface area contributed by atoms with Crippen LogP contribution in [0.4, 0.5) is 0 Å². The maximum atomic E-state index is 13.1. The van der Waals surface area contributed by atoms with E-state index in [1.165, 1.54) is 11.1 Å². The van der Waals surface area contributed by atoms with Crippen LogP contribution >= 0.6 is 0 Å². The molecule has 1 aliphatic heterocycles. The van der Waals surface area contributed by atoms with Gasteiger partial charge in [0.2, 0.25) is 5.91 Å². The Morgan fingerprint density at radius 3 is 2.77 bits per heavy atom. The van der Waals surface area contributed by atoms with Crippen molar-refractivity contribution in [2.24, 2.45) is 5.92 Å². The fourth-order valence-corrected chi connectivity index (χ4v) is 4.64. The third kappa shape index (κ3) is 4.41. The van der Waals surface area contributed by atoms with Crippen molar-refractivity contribution in [3.05, 3.63) is 65.5 Å². The number of aromatic amines is 1. The molecule has 3 aromatic rings. The fraction of sp³-hybridized carbons (Fsp3) is 0.440. The van der Waals surface area contributed by atoms with Crippen molar-refractivity contribution in [2.45, 2.75) is 39.2 Å². The SMILES string of the molecule is CC(C)C1c2ccccc2CCN1C(=O)CN(C)CCCc1nc2ccccc2[nH]1. The number of nitrogens with one attached hydrogen (secondary N) is 1. The Labute approximate surface area is 179 Å². The minimum atomic E-state index is 0.173. The molecule has 30 heavy (non-hydrogen) atoms. The van der Waals surface area contributed by atoms with E-state index in [2.05, 4.69) is 63.9 Å². The second-order valence-electron chi connectivity index (χ2n) is 8.77. The highest BCUT2D eigenvalue weighted by atomic mass is 16.2. The standard InChI is InChI=1S/C25H32N4O/c1-18(2)25-20-10-5-4-9-19(20)14-16-29(25)24(30)17-28(3)15-8-13-23-26-21-11-6-7-12-22(21)27-23/h4-7,9-12,18,25H,8,13-17H2,1-3H3,(H,26,27). The monoisotopic (exact) mass is 404 g/mol. The van der Waals surface area contributed by atoms with Gasteiger partial charge in [0.1, 0.15) is 5.82 Å². The molecule has 1 amide bonds. The number of rotatable bonds is 7. The normalized spacial score (nSPS) is 16.4. The second kappa shape index (κ2) is 9.00. The van der Waals surface area contributed by atoms with E-state index in [0.717, 1.165) is 49.2 Å². The summed E-state index contributed by atoms with van der Waals surface area (Å²) in [5, 5.41) is 0. The van der Waals surface area contributed by atoms with Crippen LogP contribution in [-0.4, -0.2) is 52.4 Å². The van der Waals surface area contributed by atoms with Gasteiger partial charge < -0.3 is 9.88 Å². The molecule has 158 valence electrons. The number of hydrogen-bond acceptors (Lipinski definition) is 3.